The number of hydrogen-bond acceptors (Lipinski definition) is 6. The number of aliphatic hydroxyl groups is 1. The summed E-state index contributed by atoms with van der Waals surface area (Å²) in [7, 11) is 0. The summed E-state index contributed by atoms with van der Waals surface area (Å²) >= 11 is 0. The molecule has 1 aromatic heterocycles. The van der Waals surface area contributed by atoms with Crippen molar-refractivity contribution in [2.45, 2.75) is 13.8 Å². The normalized spacial score (nSPS) is 10.5. The largest absolute Gasteiger partial charge is 0.395 e. The third-order valence-corrected chi connectivity index (χ3v) is 3.53. The molecule has 0 saturated carbocycles. The summed E-state index contributed by atoms with van der Waals surface area (Å²) < 4.78 is 0. The second-order valence-corrected chi connectivity index (χ2v) is 4.82. The lowest BCUT2D eigenvalue weighted by Crippen LogP contribution is -2.29. The van der Waals surface area contributed by atoms with Crippen molar-refractivity contribution in [3.63, 3.8) is 0 Å². The van der Waals surface area contributed by atoms with E-state index in [0.29, 0.717) is 23.9 Å². The first-order valence-corrected chi connectivity index (χ1v) is 7.51. The van der Waals surface area contributed by atoms with Crippen LogP contribution in [0, 0.1) is 0 Å². The fourth-order valence-electron chi connectivity index (χ4n) is 2.44. The van der Waals surface area contributed by atoms with E-state index < -0.39 is 0 Å². The number of nitrogens with two attached hydrogens (primary N) is 1. The Bertz CT molecular complexity index is 590. The summed E-state index contributed by atoms with van der Waals surface area (Å²) in [5.41, 5.74) is 7.88. The number of anilines is 4. The lowest BCUT2D eigenvalue weighted by Gasteiger charge is -2.27. The number of rotatable bonds is 7. The number of hydrogen-bond donors (Lipinski definition) is 2. The van der Waals surface area contributed by atoms with Gasteiger partial charge in [-0.25, -0.2) is 9.97 Å². The second-order valence-electron chi connectivity index (χ2n) is 4.82. The van der Waals surface area contributed by atoms with Crippen molar-refractivity contribution in [2.24, 2.45) is 0 Å². The first-order chi connectivity index (χ1) is 10.7. The molecule has 3 N–H and O–H groups in total. The Labute approximate surface area is 131 Å². The Kier molecular flexibility index (Phi) is 5.55. The molecule has 6 heteroatoms. The number of aromatic nitrogens is 2. The first kappa shape index (κ1) is 16.0. The maximum absolute atomic E-state index is 9.19. The van der Waals surface area contributed by atoms with E-state index in [1.54, 1.807) is 0 Å². The lowest BCUT2D eigenvalue weighted by atomic mass is 10.2. The molecular formula is C16H23N5O. The van der Waals surface area contributed by atoms with Gasteiger partial charge in [0.05, 0.1) is 6.61 Å². The molecule has 0 unspecified atom stereocenters. The average Bonchev–Trinajstić information content (AvgIpc) is 2.56. The van der Waals surface area contributed by atoms with E-state index in [1.807, 2.05) is 47.1 Å². The molecule has 0 amide bonds. The summed E-state index contributed by atoms with van der Waals surface area (Å²) in [6.45, 7) is 6.08. The van der Waals surface area contributed by atoms with Crippen LogP contribution in [0.4, 0.5) is 23.0 Å². The van der Waals surface area contributed by atoms with E-state index in [2.05, 4.69) is 16.9 Å². The number of nitrogen functional groups attached to an aromatic ring is 1. The van der Waals surface area contributed by atoms with Crippen LogP contribution in [0.5, 0.6) is 0 Å². The first-order valence-electron chi connectivity index (χ1n) is 7.51. The molecule has 6 nitrogen and oxygen atoms in total. The minimum Gasteiger partial charge on any atom is -0.395 e. The second kappa shape index (κ2) is 7.61. The monoisotopic (exact) mass is 301 g/mol. The summed E-state index contributed by atoms with van der Waals surface area (Å²) in [5, 5.41) is 9.19. The third kappa shape index (κ3) is 3.28. The molecule has 0 aliphatic carbocycles. The average molecular weight is 301 g/mol. The van der Waals surface area contributed by atoms with Gasteiger partial charge in [-0.3, -0.25) is 0 Å². The van der Waals surface area contributed by atoms with Gasteiger partial charge >= 0.3 is 0 Å². The van der Waals surface area contributed by atoms with Crippen LogP contribution in [-0.2, 0) is 0 Å². The van der Waals surface area contributed by atoms with Crippen LogP contribution in [-0.4, -0.2) is 41.3 Å². The summed E-state index contributed by atoms with van der Waals surface area (Å²) in [6, 6.07) is 10.00. The van der Waals surface area contributed by atoms with E-state index in [9.17, 15) is 5.11 Å². The fraction of sp³-hybridized carbons (Fsp3) is 0.375. The molecule has 0 aliphatic heterocycles. The number of aliphatic hydroxyl groups excluding tert-OH is 1. The van der Waals surface area contributed by atoms with Crippen LogP contribution in [0.25, 0.3) is 0 Å². The zero-order chi connectivity index (χ0) is 15.9. The molecule has 0 aliphatic rings. The third-order valence-electron chi connectivity index (χ3n) is 3.53. The van der Waals surface area contributed by atoms with Gasteiger partial charge in [0.2, 0.25) is 0 Å². The smallest absolute Gasteiger partial charge is 0.161 e. The molecule has 1 aromatic carbocycles. The summed E-state index contributed by atoms with van der Waals surface area (Å²) in [5.74, 6) is 1.35. The SMILES string of the molecule is CCN(CCO)c1ncnc(N(CC)c2ccccc2)c1N. The van der Waals surface area contributed by atoms with E-state index in [4.69, 9.17) is 5.73 Å². The summed E-state index contributed by atoms with van der Waals surface area (Å²) in [4.78, 5) is 12.6. The van der Waals surface area contributed by atoms with Crippen molar-refractivity contribution in [1.29, 1.82) is 0 Å². The van der Waals surface area contributed by atoms with Crippen molar-refractivity contribution in [1.82, 2.24) is 9.97 Å². The highest BCUT2D eigenvalue weighted by atomic mass is 16.3. The van der Waals surface area contributed by atoms with E-state index in [1.165, 1.54) is 6.33 Å². The molecule has 22 heavy (non-hydrogen) atoms. The maximum atomic E-state index is 9.19. The molecule has 2 aromatic rings. The predicted molar refractivity (Wildman–Crippen MR) is 90.5 cm³/mol. The van der Waals surface area contributed by atoms with Gasteiger partial charge in [0, 0.05) is 25.3 Å². The van der Waals surface area contributed by atoms with Crippen molar-refractivity contribution < 1.29 is 5.11 Å². The van der Waals surface area contributed by atoms with Crippen LogP contribution in [0.15, 0.2) is 36.7 Å². The topological polar surface area (TPSA) is 78.5 Å². The maximum Gasteiger partial charge on any atom is 0.161 e. The zero-order valence-electron chi connectivity index (χ0n) is 13.1. The van der Waals surface area contributed by atoms with E-state index in [0.717, 1.165) is 18.8 Å². The van der Waals surface area contributed by atoms with Gasteiger partial charge in [0.25, 0.3) is 0 Å². The van der Waals surface area contributed by atoms with Crippen LogP contribution in [0.1, 0.15) is 13.8 Å². The van der Waals surface area contributed by atoms with Gasteiger partial charge in [0.15, 0.2) is 11.6 Å². The predicted octanol–water partition coefficient (Wildman–Crippen LogP) is 2.04. The lowest BCUT2D eigenvalue weighted by molar-refractivity contribution is 0.302. The number of nitrogens with zero attached hydrogens (tertiary/aromatic N) is 4. The van der Waals surface area contributed by atoms with Crippen LogP contribution in [0.2, 0.25) is 0 Å². The molecular weight excluding hydrogens is 278 g/mol. The molecule has 0 bridgehead atoms. The standard InChI is InChI=1S/C16H23N5O/c1-3-20(10-11-22)15-14(17)16(19-12-18-15)21(4-2)13-8-6-5-7-9-13/h5-9,12,22H,3-4,10-11,17H2,1-2H3. The Morgan fingerprint density at radius 3 is 2.32 bits per heavy atom. The van der Waals surface area contributed by atoms with Crippen molar-refractivity contribution in [3.05, 3.63) is 36.7 Å². The highest BCUT2D eigenvalue weighted by molar-refractivity contribution is 5.79. The van der Waals surface area contributed by atoms with Crippen LogP contribution < -0.4 is 15.5 Å². The fourth-order valence-corrected chi connectivity index (χ4v) is 2.44. The number of benzene rings is 1. The molecule has 0 saturated heterocycles. The van der Waals surface area contributed by atoms with Gasteiger partial charge in [-0.1, -0.05) is 18.2 Å². The highest BCUT2D eigenvalue weighted by Gasteiger charge is 2.18. The van der Waals surface area contributed by atoms with Crippen LogP contribution >= 0.6 is 0 Å². The van der Waals surface area contributed by atoms with Gasteiger partial charge in [-0.05, 0) is 26.0 Å². The van der Waals surface area contributed by atoms with Crippen molar-refractivity contribution in [2.75, 3.05) is 41.8 Å². The number of likely N-dealkylation sites (N-methyl/N-ethyl adjacent to an activating group) is 1. The molecule has 2 rings (SSSR count). The molecule has 118 valence electrons. The number of para-hydroxylation sites is 1. The Hall–Kier alpha value is -2.34. The van der Waals surface area contributed by atoms with E-state index >= 15 is 0 Å². The minimum absolute atomic E-state index is 0.0583. The summed E-state index contributed by atoms with van der Waals surface area (Å²) in [6.07, 6.45) is 1.52. The quantitative estimate of drug-likeness (QED) is 0.815. The zero-order valence-corrected chi connectivity index (χ0v) is 13.1. The minimum atomic E-state index is 0.0583. The Balaban J connectivity index is 2.43. The molecule has 1 heterocycles. The van der Waals surface area contributed by atoms with Crippen molar-refractivity contribution >= 4 is 23.0 Å². The van der Waals surface area contributed by atoms with Crippen molar-refractivity contribution in [3.8, 4) is 0 Å². The molecule has 0 radical (unpaired) electrons. The van der Waals surface area contributed by atoms with Gasteiger partial charge in [-0.15, -0.1) is 0 Å². The molecule has 0 spiro atoms. The highest BCUT2D eigenvalue weighted by Crippen LogP contribution is 2.32. The molecule has 0 atom stereocenters. The Morgan fingerprint density at radius 2 is 1.73 bits per heavy atom. The van der Waals surface area contributed by atoms with Gasteiger partial charge in [0.1, 0.15) is 12.0 Å². The Morgan fingerprint density at radius 1 is 1.05 bits per heavy atom. The van der Waals surface area contributed by atoms with Crippen LogP contribution in [0.3, 0.4) is 0 Å². The van der Waals surface area contributed by atoms with Gasteiger partial charge in [-0.2, -0.15) is 0 Å². The van der Waals surface area contributed by atoms with Gasteiger partial charge < -0.3 is 20.6 Å². The van der Waals surface area contributed by atoms with E-state index in [-0.39, 0.29) is 6.61 Å². The molecule has 0 fully saturated rings.